The minimum Gasteiger partial charge on any atom is -0.396 e. The SMILES string of the molecule is CCCC(=O)c1ccccc1CCO. The Morgan fingerprint density at radius 1 is 1.36 bits per heavy atom. The summed E-state index contributed by atoms with van der Waals surface area (Å²) in [6.45, 7) is 2.09. The molecule has 0 fully saturated rings. The summed E-state index contributed by atoms with van der Waals surface area (Å²) in [6.07, 6.45) is 2.01. The summed E-state index contributed by atoms with van der Waals surface area (Å²) in [5.41, 5.74) is 1.72. The van der Waals surface area contributed by atoms with Crippen LogP contribution in [0.15, 0.2) is 24.3 Å². The van der Waals surface area contributed by atoms with Crippen LogP contribution >= 0.6 is 0 Å². The van der Waals surface area contributed by atoms with Crippen molar-refractivity contribution in [2.75, 3.05) is 6.61 Å². The standard InChI is InChI=1S/C12H16O2/c1-2-5-12(14)11-7-4-3-6-10(11)8-9-13/h3-4,6-7,13H,2,5,8-9H2,1H3. The van der Waals surface area contributed by atoms with E-state index in [1.54, 1.807) is 0 Å². The Hall–Kier alpha value is -1.15. The molecule has 1 N–H and O–H groups in total. The molecule has 0 aliphatic heterocycles. The number of benzene rings is 1. The number of hydrogen-bond acceptors (Lipinski definition) is 2. The van der Waals surface area contributed by atoms with Crippen LogP contribution in [0.5, 0.6) is 0 Å². The Kier molecular flexibility index (Phi) is 4.33. The second kappa shape index (κ2) is 5.55. The first-order valence-electron chi connectivity index (χ1n) is 5.01. The van der Waals surface area contributed by atoms with Crippen LogP contribution in [0.1, 0.15) is 35.7 Å². The van der Waals surface area contributed by atoms with Crippen molar-refractivity contribution < 1.29 is 9.90 Å². The van der Waals surface area contributed by atoms with Gasteiger partial charge in [-0.25, -0.2) is 0 Å². The molecule has 0 bridgehead atoms. The average molecular weight is 192 g/mol. The monoisotopic (exact) mass is 192 g/mol. The molecule has 0 saturated heterocycles. The van der Waals surface area contributed by atoms with E-state index in [4.69, 9.17) is 5.11 Å². The van der Waals surface area contributed by atoms with Crippen LogP contribution in [0.3, 0.4) is 0 Å². The van der Waals surface area contributed by atoms with E-state index in [0.717, 1.165) is 17.5 Å². The molecule has 0 aromatic heterocycles. The maximum atomic E-state index is 11.7. The topological polar surface area (TPSA) is 37.3 Å². The molecule has 2 heteroatoms. The summed E-state index contributed by atoms with van der Waals surface area (Å²) in [6, 6.07) is 7.50. The lowest BCUT2D eigenvalue weighted by Crippen LogP contribution is -2.04. The predicted molar refractivity (Wildman–Crippen MR) is 56.5 cm³/mol. The van der Waals surface area contributed by atoms with E-state index in [-0.39, 0.29) is 12.4 Å². The fourth-order valence-corrected chi connectivity index (χ4v) is 1.49. The highest BCUT2D eigenvalue weighted by Crippen LogP contribution is 2.12. The van der Waals surface area contributed by atoms with E-state index in [1.807, 2.05) is 31.2 Å². The zero-order valence-corrected chi connectivity index (χ0v) is 8.49. The van der Waals surface area contributed by atoms with Gasteiger partial charge in [-0.2, -0.15) is 0 Å². The van der Waals surface area contributed by atoms with Crippen molar-refractivity contribution in [2.24, 2.45) is 0 Å². The van der Waals surface area contributed by atoms with Gasteiger partial charge < -0.3 is 5.11 Å². The molecule has 0 spiro atoms. The lowest BCUT2D eigenvalue weighted by atomic mass is 9.99. The van der Waals surface area contributed by atoms with Crippen LogP contribution in [0, 0.1) is 0 Å². The van der Waals surface area contributed by atoms with Gasteiger partial charge in [0.1, 0.15) is 0 Å². The molecule has 1 aromatic rings. The number of rotatable bonds is 5. The smallest absolute Gasteiger partial charge is 0.163 e. The molecule has 0 amide bonds. The Morgan fingerprint density at radius 3 is 2.71 bits per heavy atom. The summed E-state index contributed by atoms with van der Waals surface area (Å²) < 4.78 is 0. The van der Waals surface area contributed by atoms with Gasteiger partial charge in [-0.15, -0.1) is 0 Å². The van der Waals surface area contributed by atoms with Gasteiger partial charge in [0.2, 0.25) is 0 Å². The second-order valence-corrected chi connectivity index (χ2v) is 3.30. The number of Topliss-reactive ketones (excluding diaryl/α,β-unsaturated/α-hetero) is 1. The fourth-order valence-electron chi connectivity index (χ4n) is 1.49. The molecule has 0 atom stereocenters. The van der Waals surface area contributed by atoms with Gasteiger partial charge in [0.15, 0.2) is 5.78 Å². The van der Waals surface area contributed by atoms with Crippen molar-refractivity contribution in [1.29, 1.82) is 0 Å². The maximum Gasteiger partial charge on any atom is 0.163 e. The highest BCUT2D eigenvalue weighted by atomic mass is 16.3. The minimum atomic E-state index is 0.0937. The highest BCUT2D eigenvalue weighted by Gasteiger charge is 2.08. The van der Waals surface area contributed by atoms with Gasteiger partial charge in [0, 0.05) is 18.6 Å². The van der Waals surface area contributed by atoms with Crippen molar-refractivity contribution in [3.05, 3.63) is 35.4 Å². The highest BCUT2D eigenvalue weighted by molar-refractivity contribution is 5.97. The summed E-state index contributed by atoms with van der Waals surface area (Å²) in [5.74, 6) is 0.177. The average Bonchev–Trinajstić information content (AvgIpc) is 2.19. The van der Waals surface area contributed by atoms with Crippen LogP contribution < -0.4 is 0 Å². The van der Waals surface area contributed by atoms with E-state index in [0.29, 0.717) is 12.8 Å². The molecule has 0 aliphatic carbocycles. The zero-order valence-electron chi connectivity index (χ0n) is 8.49. The van der Waals surface area contributed by atoms with Crippen LogP contribution in [0.25, 0.3) is 0 Å². The Bertz CT molecular complexity index is 305. The second-order valence-electron chi connectivity index (χ2n) is 3.30. The molecule has 2 nitrogen and oxygen atoms in total. The molecule has 1 aromatic carbocycles. The number of hydrogen-bond donors (Lipinski definition) is 1. The summed E-state index contributed by atoms with van der Waals surface area (Å²) in [5, 5.41) is 8.84. The molecule has 1 rings (SSSR count). The number of aliphatic hydroxyl groups excluding tert-OH is 1. The number of carbonyl (C=O) groups is 1. The minimum absolute atomic E-state index is 0.0937. The van der Waals surface area contributed by atoms with Gasteiger partial charge in [-0.05, 0) is 18.4 Å². The van der Waals surface area contributed by atoms with E-state index in [2.05, 4.69) is 0 Å². The van der Waals surface area contributed by atoms with Gasteiger partial charge in [0.25, 0.3) is 0 Å². The van der Waals surface area contributed by atoms with Crippen molar-refractivity contribution in [3.63, 3.8) is 0 Å². The summed E-state index contributed by atoms with van der Waals surface area (Å²) >= 11 is 0. The molecular formula is C12H16O2. The molecule has 0 unspecified atom stereocenters. The van der Waals surface area contributed by atoms with Crippen molar-refractivity contribution >= 4 is 5.78 Å². The van der Waals surface area contributed by atoms with Crippen LogP contribution in [-0.4, -0.2) is 17.5 Å². The number of carbonyl (C=O) groups excluding carboxylic acids is 1. The molecule has 0 aliphatic rings. The van der Waals surface area contributed by atoms with Gasteiger partial charge in [-0.3, -0.25) is 4.79 Å². The van der Waals surface area contributed by atoms with E-state index >= 15 is 0 Å². The van der Waals surface area contributed by atoms with Gasteiger partial charge in [-0.1, -0.05) is 31.2 Å². The first-order valence-corrected chi connectivity index (χ1v) is 5.01. The van der Waals surface area contributed by atoms with Gasteiger partial charge >= 0.3 is 0 Å². The van der Waals surface area contributed by atoms with Crippen molar-refractivity contribution in [1.82, 2.24) is 0 Å². The van der Waals surface area contributed by atoms with Gasteiger partial charge in [0.05, 0.1) is 0 Å². The van der Waals surface area contributed by atoms with Crippen LogP contribution in [0.2, 0.25) is 0 Å². The fraction of sp³-hybridized carbons (Fsp3) is 0.417. The normalized spacial score (nSPS) is 10.1. The molecule has 0 heterocycles. The van der Waals surface area contributed by atoms with E-state index < -0.39 is 0 Å². The first kappa shape index (κ1) is 10.9. The third-order valence-electron chi connectivity index (χ3n) is 2.18. The maximum absolute atomic E-state index is 11.7. The lowest BCUT2D eigenvalue weighted by Gasteiger charge is -2.06. The molecule has 0 saturated carbocycles. The van der Waals surface area contributed by atoms with E-state index in [1.165, 1.54) is 0 Å². The first-order chi connectivity index (χ1) is 6.79. The number of aliphatic hydroxyl groups is 1. The van der Waals surface area contributed by atoms with Crippen LogP contribution in [0.4, 0.5) is 0 Å². The predicted octanol–water partition coefficient (Wildman–Crippen LogP) is 2.20. The number of ketones is 1. The van der Waals surface area contributed by atoms with Crippen LogP contribution in [-0.2, 0) is 6.42 Å². The Morgan fingerprint density at radius 2 is 2.07 bits per heavy atom. The Balaban J connectivity index is 2.88. The largest absolute Gasteiger partial charge is 0.396 e. The summed E-state index contributed by atoms with van der Waals surface area (Å²) in [7, 11) is 0. The Labute approximate surface area is 84.6 Å². The lowest BCUT2D eigenvalue weighted by molar-refractivity contribution is 0.0980. The molecule has 76 valence electrons. The summed E-state index contributed by atoms with van der Waals surface area (Å²) in [4.78, 5) is 11.7. The molecular weight excluding hydrogens is 176 g/mol. The van der Waals surface area contributed by atoms with E-state index in [9.17, 15) is 4.79 Å². The third-order valence-corrected chi connectivity index (χ3v) is 2.18. The zero-order chi connectivity index (χ0) is 10.4. The van der Waals surface area contributed by atoms with Crippen molar-refractivity contribution in [2.45, 2.75) is 26.2 Å². The third kappa shape index (κ3) is 2.67. The quantitative estimate of drug-likeness (QED) is 0.726. The molecule has 14 heavy (non-hydrogen) atoms. The molecule has 0 radical (unpaired) electrons. The van der Waals surface area contributed by atoms with Crippen molar-refractivity contribution in [3.8, 4) is 0 Å².